The molecule has 2 rings (SSSR count). The van der Waals surface area contributed by atoms with E-state index >= 15 is 0 Å². The second kappa shape index (κ2) is 5.37. The molecule has 0 amide bonds. The topological polar surface area (TPSA) is 12.0 Å². The molecule has 1 aromatic heterocycles. The smallest absolute Gasteiger partial charge is 0.0302 e. The fraction of sp³-hybridized carbons (Fsp3) is 0.667. The molecule has 0 spiro atoms. The number of thioether (sulfide) groups is 1. The Kier molecular flexibility index (Phi) is 4.12. The molecular formula is C12H19NS2. The Hall–Kier alpha value is 0.01000. The van der Waals surface area contributed by atoms with Crippen LogP contribution in [0, 0.1) is 0 Å². The summed E-state index contributed by atoms with van der Waals surface area (Å²) in [5.41, 5.74) is 0. The average Bonchev–Trinajstić information content (AvgIpc) is 2.83. The highest BCUT2D eigenvalue weighted by molar-refractivity contribution is 8.00. The fourth-order valence-electron chi connectivity index (χ4n) is 1.91. The summed E-state index contributed by atoms with van der Waals surface area (Å²) in [4.78, 5) is 2.98. The van der Waals surface area contributed by atoms with Crippen LogP contribution in [0.25, 0.3) is 0 Å². The molecule has 1 aliphatic rings. The Balaban J connectivity index is 1.77. The molecule has 2 unspecified atom stereocenters. The van der Waals surface area contributed by atoms with E-state index in [1.54, 1.807) is 0 Å². The van der Waals surface area contributed by atoms with E-state index in [0.29, 0.717) is 0 Å². The molecule has 0 aliphatic carbocycles. The van der Waals surface area contributed by atoms with Crippen molar-refractivity contribution in [2.45, 2.75) is 44.5 Å². The third kappa shape index (κ3) is 3.23. The molecule has 3 heteroatoms. The lowest BCUT2D eigenvalue weighted by Crippen LogP contribution is -2.28. The Morgan fingerprint density at radius 1 is 1.40 bits per heavy atom. The molecule has 1 aliphatic heterocycles. The first kappa shape index (κ1) is 11.5. The molecule has 1 nitrogen and oxygen atoms in total. The molecule has 1 fully saturated rings. The summed E-state index contributed by atoms with van der Waals surface area (Å²) in [6.45, 7) is 5.60. The zero-order chi connectivity index (χ0) is 10.7. The lowest BCUT2D eigenvalue weighted by molar-refractivity contribution is 0.542. The standard InChI is InChI=1S/C12H19NS2/c1-3-11-4-5-12(15-11)7-13-10-6-9(2)14-8-10/h4-5,9-10,13H,3,6-8H2,1-2H3. The monoisotopic (exact) mass is 241 g/mol. The van der Waals surface area contributed by atoms with E-state index in [2.05, 4.69) is 43.1 Å². The fourth-order valence-corrected chi connectivity index (χ4v) is 4.00. The number of thiophene rings is 1. The third-order valence-corrected chi connectivity index (χ3v) is 5.41. The Bertz CT molecular complexity index is 308. The van der Waals surface area contributed by atoms with Crippen molar-refractivity contribution in [1.29, 1.82) is 0 Å². The lowest BCUT2D eigenvalue weighted by atomic mass is 10.2. The summed E-state index contributed by atoms with van der Waals surface area (Å²) >= 11 is 4.04. The molecule has 1 N–H and O–H groups in total. The molecule has 0 aromatic carbocycles. The zero-order valence-electron chi connectivity index (χ0n) is 9.45. The van der Waals surface area contributed by atoms with Gasteiger partial charge in [-0.25, -0.2) is 0 Å². The van der Waals surface area contributed by atoms with Gasteiger partial charge in [0.25, 0.3) is 0 Å². The maximum absolute atomic E-state index is 3.66. The van der Waals surface area contributed by atoms with Gasteiger partial charge in [0.15, 0.2) is 0 Å². The Morgan fingerprint density at radius 2 is 2.20 bits per heavy atom. The summed E-state index contributed by atoms with van der Waals surface area (Å²) < 4.78 is 0. The second-order valence-electron chi connectivity index (χ2n) is 4.18. The van der Waals surface area contributed by atoms with Gasteiger partial charge < -0.3 is 5.32 Å². The Labute approximate surface area is 101 Å². The van der Waals surface area contributed by atoms with Gasteiger partial charge in [-0.05, 0) is 25.0 Å². The minimum atomic E-state index is 0.733. The van der Waals surface area contributed by atoms with Gasteiger partial charge in [-0.1, -0.05) is 13.8 Å². The van der Waals surface area contributed by atoms with Crippen LogP contribution in [-0.4, -0.2) is 17.0 Å². The highest BCUT2D eigenvalue weighted by Crippen LogP contribution is 2.26. The van der Waals surface area contributed by atoms with Crippen molar-refractivity contribution in [3.8, 4) is 0 Å². The molecule has 2 atom stereocenters. The molecule has 1 aromatic rings. The van der Waals surface area contributed by atoms with Gasteiger partial charge >= 0.3 is 0 Å². The van der Waals surface area contributed by atoms with Crippen LogP contribution < -0.4 is 5.32 Å². The molecule has 0 bridgehead atoms. The summed E-state index contributed by atoms with van der Waals surface area (Å²) in [5.74, 6) is 1.28. The van der Waals surface area contributed by atoms with Crippen LogP contribution in [0.5, 0.6) is 0 Å². The maximum atomic E-state index is 3.66. The van der Waals surface area contributed by atoms with Crippen molar-refractivity contribution in [3.63, 3.8) is 0 Å². The van der Waals surface area contributed by atoms with Crippen LogP contribution in [0.15, 0.2) is 12.1 Å². The van der Waals surface area contributed by atoms with Crippen LogP contribution in [0.4, 0.5) is 0 Å². The summed E-state index contributed by atoms with van der Waals surface area (Å²) in [6.07, 6.45) is 2.50. The minimum Gasteiger partial charge on any atom is -0.308 e. The van der Waals surface area contributed by atoms with Crippen LogP contribution in [0.2, 0.25) is 0 Å². The van der Waals surface area contributed by atoms with Crippen molar-refractivity contribution in [1.82, 2.24) is 5.32 Å². The van der Waals surface area contributed by atoms with E-state index in [0.717, 1.165) is 17.8 Å². The largest absolute Gasteiger partial charge is 0.308 e. The SMILES string of the molecule is CCc1ccc(CNC2CSC(C)C2)s1. The van der Waals surface area contributed by atoms with E-state index in [-0.39, 0.29) is 0 Å². The van der Waals surface area contributed by atoms with Crippen molar-refractivity contribution >= 4 is 23.1 Å². The summed E-state index contributed by atoms with van der Waals surface area (Å²) in [6, 6.07) is 5.26. The molecule has 0 saturated carbocycles. The Morgan fingerprint density at radius 3 is 2.80 bits per heavy atom. The number of aryl methyl sites for hydroxylation is 1. The molecule has 84 valence electrons. The van der Waals surface area contributed by atoms with Gasteiger partial charge in [0.1, 0.15) is 0 Å². The quantitative estimate of drug-likeness (QED) is 0.868. The van der Waals surface area contributed by atoms with Crippen molar-refractivity contribution in [3.05, 3.63) is 21.9 Å². The number of hydrogen-bond acceptors (Lipinski definition) is 3. The first-order valence-electron chi connectivity index (χ1n) is 5.70. The molecular weight excluding hydrogens is 222 g/mol. The summed E-state index contributed by atoms with van der Waals surface area (Å²) in [7, 11) is 0. The number of rotatable bonds is 4. The van der Waals surface area contributed by atoms with E-state index in [1.807, 2.05) is 11.3 Å². The van der Waals surface area contributed by atoms with Gasteiger partial charge in [-0.15, -0.1) is 11.3 Å². The van der Waals surface area contributed by atoms with E-state index in [1.165, 1.54) is 28.3 Å². The summed E-state index contributed by atoms with van der Waals surface area (Å²) in [5, 5.41) is 4.50. The molecule has 2 heterocycles. The lowest BCUT2D eigenvalue weighted by Gasteiger charge is -2.09. The highest BCUT2D eigenvalue weighted by Gasteiger charge is 2.20. The number of hydrogen-bond donors (Lipinski definition) is 1. The van der Waals surface area contributed by atoms with Gasteiger partial charge in [0.2, 0.25) is 0 Å². The van der Waals surface area contributed by atoms with E-state index < -0.39 is 0 Å². The molecule has 1 saturated heterocycles. The van der Waals surface area contributed by atoms with Gasteiger partial charge in [0, 0.05) is 33.3 Å². The van der Waals surface area contributed by atoms with Crippen LogP contribution in [0.1, 0.15) is 30.0 Å². The first-order chi connectivity index (χ1) is 7.28. The maximum Gasteiger partial charge on any atom is 0.0302 e. The van der Waals surface area contributed by atoms with Crippen molar-refractivity contribution < 1.29 is 0 Å². The number of nitrogens with one attached hydrogen (secondary N) is 1. The highest BCUT2D eigenvalue weighted by atomic mass is 32.2. The second-order valence-corrected chi connectivity index (χ2v) is 6.90. The van der Waals surface area contributed by atoms with Crippen LogP contribution >= 0.6 is 23.1 Å². The van der Waals surface area contributed by atoms with Crippen molar-refractivity contribution in [2.75, 3.05) is 5.75 Å². The predicted octanol–water partition coefficient (Wildman–Crippen LogP) is 3.29. The zero-order valence-corrected chi connectivity index (χ0v) is 11.1. The normalized spacial score (nSPS) is 26.0. The van der Waals surface area contributed by atoms with Gasteiger partial charge in [-0.2, -0.15) is 11.8 Å². The van der Waals surface area contributed by atoms with E-state index in [9.17, 15) is 0 Å². The third-order valence-electron chi connectivity index (χ3n) is 2.83. The molecule has 15 heavy (non-hydrogen) atoms. The molecule has 0 radical (unpaired) electrons. The first-order valence-corrected chi connectivity index (χ1v) is 7.57. The van der Waals surface area contributed by atoms with Crippen molar-refractivity contribution in [2.24, 2.45) is 0 Å². The minimum absolute atomic E-state index is 0.733. The van der Waals surface area contributed by atoms with E-state index in [4.69, 9.17) is 0 Å². The van der Waals surface area contributed by atoms with Crippen LogP contribution in [0.3, 0.4) is 0 Å². The van der Waals surface area contributed by atoms with Crippen LogP contribution in [-0.2, 0) is 13.0 Å². The predicted molar refractivity (Wildman–Crippen MR) is 70.9 cm³/mol. The van der Waals surface area contributed by atoms with Gasteiger partial charge in [0.05, 0.1) is 0 Å². The average molecular weight is 241 g/mol. The van der Waals surface area contributed by atoms with Gasteiger partial charge in [-0.3, -0.25) is 0 Å².